The molecule has 1 aromatic rings. The highest BCUT2D eigenvalue weighted by Gasteiger charge is 2.49. The molecule has 2 atom stereocenters. The van der Waals surface area contributed by atoms with Crippen molar-refractivity contribution < 1.29 is 14.4 Å². The number of fused-ring (bicyclic) bond motifs is 2. The first-order chi connectivity index (χ1) is 14.6. The SMILES string of the molecule is O=C(CN1C(=O)N(C2CCCCC2)C(=O)C2CCCCC21)N1CCc2ccccc21. The molecule has 5 rings (SSSR count). The molecule has 2 aliphatic carbocycles. The number of nitrogens with zero attached hydrogens (tertiary/aromatic N) is 3. The van der Waals surface area contributed by atoms with Gasteiger partial charge in [-0.2, -0.15) is 0 Å². The Labute approximate surface area is 178 Å². The van der Waals surface area contributed by atoms with Gasteiger partial charge < -0.3 is 9.80 Å². The van der Waals surface area contributed by atoms with Gasteiger partial charge in [0, 0.05) is 24.3 Å². The molecule has 160 valence electrons. The summed E-state index contributed by atoms with van der Waals surface area (Å²) in [4.78, 5) is 45.3. The largest absolute Gasteiger partial charge is 0.327 e. The smallest absolute Gasteiger partial charge is 0.311 e. The zero-order valence-electron chi connectivity index (χ0n) is 17.6. The van der Waals surface area contributed by atoms with E-state index in [2.05, 4.69) is 6.07 Å². The third-order valence-electron chi connectivity index (χ3n) is 7.57. The summed E-state index contributed by atoms with van der Waals surface area (Å²) < 4.78 is 0. The maximum absolute atomic E-state index is 13.5. The number of hydrogen-bond donors (Lipinski definition) is 0. The molecule has 1 aromatic carbocycles. The molecule has 0 aromatic heterocycles. The normalized spacial score (nSPS) is 27.3. The number of amides is 4. The molecule has 6 nitrogen and oxygen atoms in total. The Morgan fingerprint density at radius 2 is 1.67 bits per heavy atom. The van der Waals surface area contributed by atoms with Gasteiger partial charge in [-0.25, -0.2) is 4.79 Å². The fourth-order valence-electron chi connectivity index (χ4n) is 6.01. The number of imide groups is 1. The lowest BCUT2D eigenvalue weighted by molar-refractivity contribution is -0.144. The van der Waals surface area contributed by atoms with Crippen molar-refractivity contribution in [2.45, 2.75) is 76.3 Å². The standard InChI is InChI=1S/C24H31N3O3/c28-22(25-15-14-17-8-4-6-12-20(17)25)16-26-21-13-7-5-11-19(21)23(29)27(24(26)30)18-9-2-1-3-10-18/h4,6,8,12,18-19,21H,1-3,5,7,9-11,13-16H2. The van der Waals surface area contributed by atoms with Crippen LogP contribution in [0.25, 0.3) is 0 Å². The van der Waals surface area contributed by atoms with Gasteiger partial charge in [0.2, 0.25) is 11.8 Å². The molecule has 2 saturated carbocycles. The van der Waals surface area contributed by atoms with Crippen LogP contribution in [0, 0.1) is 5.92 Å². The van der Waals surface area contributed by atoms with Crippen LogP contribution in [0.1, 0.15) is 63.4 Å². The van der Waals surface area contributed by atoms with Crippen molar-refractivity contribution in [3.05, 3.63) is 29.8 Å². The van der Waals surface area contributed by atoms with E-state index in [1.165, 1.54) is 12.0 Å². The molecule has 2 heterocycles. The molecule has 0 N–H and O–H groups in total. The van der Waals surface area contributed by atoms with E-state index >= 15 is 0 Å². The van der Waals surface area contributed by atoms with Crippen molar-refractivity contribution in [1.29, 1.82) is 0 Å². The van der Waals surface area contributed by atoms with Gasteiger partial charge in [-0.3, -0.25) is 14.5 Å². The van der Waals surface area contributed by atoms with Gasteiger partial charge in [0.15, 0.2) is 0 Å². The van der Waals surface area contributed by atoms with Gasteiger partial charge in [-0.15, -0.1) is 0 Å². The molecule has 30 heavy (non-hydrogen) atoms. The number of benzene rings is 1. The highest BCUT2D eigenvalue weighted by Crippen LogP contribution is 2.37. The van der Waals surface area contributed by atoms with Crippen molar-refractivity contribution >= 4 is 23.5 Å². The summed E-state index contributed by atoms with van der Waals surface area (Å²) in [7, 11) is 0. The first-order valence-electron chi connectivity index (χ1n) is 11.7. The summed E-state index contributed by atoms with van der Waals surface area (Å²) in [5.41, 5.74) is 2.15. The summed E-state index contributed by atoms with van der Waals surface area (Å²) in [5.74, 6) is -0.153. The molecule has 0 radical (unpaired) electrons. The van der Waals surface area contributed by atoms with Crippen molar-refractivity contribution in [2.75, 3.05) is 18.0 Å². The summed E-state index contributed by atoms with van der Waals surface area (Å²) in [5, 5.41) is 0. The Morgan fingerprint density at radius 1 is 0.933 bits per heavy atom. The van der Waals surface area contributed by atoms with Crippen LogP contribution in [-0.2, 0) is 16.0 Å². The summed E-state index contributed by atoms with van der Waals surface area (Å²) in [6.07, 6.45) is 9.67. The fourth-order valence-corrected chi connectivity index (χ4v) is 6.01. The number of carbonyl (C=O) groups is 3. The lowest BCUT2D eigenvalue weighted by Crippen LogP contribution is -2.66. The third kappa shape index (κ3) is 3.30. The van der Waals surface area contributed by atoms with Gasteiger partial charge in [0.05, 0.1) is 5.92 Å². The van der Waals surface area contributed by atoms with Crippen LogP contribution in [0.3, 0.4) is 0 Å². The van der Waals surface area contributed by atoms with Crippen molar-refractivity contribution in [3.63, 3.8) is 0 Å². The quantitative estimate of drug-likeness (QED) is 0.764. The lowest BCUT2D eigenvalue weighted by Gasteiger charge is -2.49. The van der Waals surface area contributed by atoms with E-state index in [1.807, 2.05) is 23.1 Å². The molecule has 6 heteroatoms. The van der Waals surface area contributed by atoms with Crippen LogP contribution < -0.4 is 4.90 Å². The van der Waals surface area contributed by atoms with Crippen LogP contribution >= 0.6 is 0 Å². The van der Waals surface area contributed by atoms with Gasteiger partial charge in [-0.05, 0) is 43.7 Å². The third-order valence-corrected chi connectivity index (χ3v) is 7.57. The molecular formula is C24H31N3O3. The highest BCUT2D eigenvalue weighted by molar-refractivity contribution is 6.03. The number of para-hydroxylation sites is 1. The average Bonchev–Trinajstić information content (AvgIpc) is 3.22. The maximum Gasteiger partial charge on any atom is 0.327 e. The fraction of sp³-hybridized carbons (Fsp3) is 0.625. The zero-order chi connectivity index (χ0) is 20.7. The molecule has 2 unspecified atom stereocenters. The second-order valence-electron chi connectivity index (χ2n) is 9.29. The van der Waals surface area contributed by atoms with E-state index in [1.54, 1.807) is 9.80 Å². The van der Waals surface area contributed by atoms with Crippen LogP contribution in [0.4, 0.5) is 10.5 Å². The Bertz CT molecular complexity index is 848. The Kier molecular flexibility index (Phi) is 5.25. The molecule has 2 aliphatic heterocycles. The van der Waals surface area contributed by atoms with Gasteiger partial charge in [0.25, 0.3) is 0 Å². The number of anilines is 1. The lowest BCUT2D eigenvalue weighted by atomic mass is 9.80. The molecule has 3 fully saturated rings. The topological polar surface area (TPSA) is 60.9 Å². The first kappa shape index (κ1) is 19.6. The number of urea groups is 1. The predicted molar refractivity (Wildman–Crippen MR) is 114 cm³/mol. The predicted octanol–water partition coefficient (Wildman–Crippen LogP) is 3.73. The number of rotatable bonds is 3. The van der Waals surface area contributed by atoms with Crippen LogP contribution in [-0.4, -0.2) is 52.8 Å². The minimum Gasteiger partial charge on any atom is -0.311 e. The van der Waals surface area contributed by atoms with E-state index in [9.17, 15) is 14.4 Å². The molecule has 1 saturated heterocycles. The van der Waals surface area contributed by atoms with Crippen molar-refractivity contribution in [3.8, 4) is 0 Å². The van der Waals surface area contributed by atoms with Crippen LogP contribution in [0.15, 0.2) is 24.3 Å². The summed E-state index contributed by atoms with van der Waals surface area (Å²) >= 11 is 0. The first-order valence-corrected chi connectivity index (χ1v) is 11.7. The molecule has 4 aliphatic rings. The Balaban J connectivity index is 1.40. The highest BCUT2D eigenvalue weighted by atomic mass is 16.2. The van der Waals surface area contributed by atoms with E-state index in [0.717, 1.165) is 63.5 Å². The minimum absolute atomic E-state index is 0.00624. The second-order valence-corrected chi connectivity index (χ2v) is 9.29. The van der Waals surface area contributed by atoms with Crippen molar-refractivity contribution in [1.82, 2.24) is 9.80 Å². The average molecular weight is 410 g/mol. The number of carbonyl (C=O) groups excluding carboxylic acids is 3. The molecule has 0 spiro atoms. The maximum atomic E-state index is 13.5. The van der Waals surface area contributed by atoms with Gasteiger partial charge in [0.1, 0.15) is 6.54 Å². The Hall–Kier alpha value is -2.37. The van der Waals surface area contributed by atoms with E-state index in [-0.39, 0.29) is 42.4 Å². The van der Waals surface area contributed by atoms with Gasteiger partial charge in [-0.1, -0.05) is 50.3 Å². The molecule has 4 amide bonds. The van der Waals surface area contributed by atoms with E-state index in [0.29, 0.717) is 6.54 Å². The summed E-state index contributed by atoms with van der Waals surface area (Å²) in [6, 6.07) is 7.66. The minimum atomic E-state index is -0.226. The molecule has 0 bridgehead atoms. The van der Waals surface area contributed by atoms with E-state index < -0.39 is 0 Å². The monoisotopic (exact) mass is 409 g/mol. The Morgan fingerprint density at radius 3 is 2.50 bits per heavy atom. The van der Waals surface area contributed by atoms with Gasteiger partial charge >= 0.3 is 6.03 Å². The molecular weight excluding hydrogens is 378 g/mol. The van der Waals surface area contributed by atoms with Crippen molar-refractivity contribution in [2.24, 2.45) is 5.92 Å². The second kappa shape index (κ2) is 8.05. The van der Waals surface area contributed by atoms with Crippen LogP contribution in [0.5, 0.6) is 0 Å². The summed E-state index contributed by atoms with van der Waals surface area (Å²) in [6.45, 7) is 0.740. The van der Waals surface area contributed by atoms with Crippen LogP contribution in [0.2, 0.25) is 0 Å². The zero-order valence-corrected chi connectivity index (χ0v) is 17.6. The number of hydrogen-bond acceptors (Lipinski definition) is 3. The van der Waals surface area contributed by atoms with E-state index in [4.69, 9.17) is 0 Å².